The standard InChI is InChI=1S/C34H35F3N6O5/c1-20-15-25(40-14-13-27(29(16-20)48-33(36)37)42(19-44)32(46)34(3,4)39-6)30(45)23-18-41-43(31(23)38-5)26-12-11-22(17-21(26)2)47-28-10-8-7-9-24(28)35/h7-19,33,38-40H,1-6H3. The fourth-order valence-corrected chi connectivity index (χ4v) is 4.69. The van der Waals surface area contributed by atoms with Crippen molar-refractivity contribution in [3.05, 3.63) is 101 Å². The maximum absolute atomic E-state index is 14.1. The number of aromatic amines is 1. The summed E-state index contributed by atoms with van der Waals surface area (Å²) in [5.41, 5.74) is 0.278. The number of imide groups is 1. The van der Waals surface area contributed by atoms with E-state index >= 15 is 0 Å². The van der Waals surface area contributed by atoms with Crippen LogP contribution >= 0.6 is 0 Å². The van der Waals surface area contributed by atoms with Crippen LogP contribution in [0, 0.1) is 19.7 Å². The Balaban J connectivity index is 1.76. The highest BCUT2D eigenvalue weighted by molar-refractivity contribution is 6.12. The van der Waals surface area contributed by atoms with Crippen molar-refractivity contribution >= 4 is 29.6 Å². The molecule has 14 heteroatoms. The number of anilines is 2. The molecule has 4 aromatic rings. The van der Waals surface area contributed by atoms with Crippen LogP contribution in [0.3, 0.4) is 0 Å². The number of carbonyl (C=O) groups is 3. The first-order valence-corrected chi connectivity index (χ1v) is 14.6. The zero-order valence-electron chi connectivity index (χ0n) is 27.1. The molecular weight excluding hydrogens is 629 g/mol. The molecule has 0 bridgehead atoms. The summed E-state index contributed by atoms with van der Waals surface area (Å²) < 4.78 is 53.1. The van der Waals surface area contributed by atoms with Crippen LogP contribution in [0.5, 0.6) is 17.2 Å². The fourth-order valence-electron chi connectivity index (χ4n) is 4.69. The van der Waals surface area contributed by atoms with E-state index in [4.69, 9.17) is 9.47 Å². The molecule has 48 heavy (non-hydrogen) atoms. The van der Waals surface area contributed by atoms with E-state index in [1.807, 2.05) is 6.92 Å². The number of aromatic nitrogens is 3. The highest BCUT2D eigenvalue weighted by atomic mass is 19.3. The van der Waals surface area contributed by atoms with Crippen molar-refractivity contribution in [2.24, 2.45) is 0 Å². The van der Waals surface area contributed by atoms with Crippen LogP contribution in [0.2, 0.25) is 0 Å². The molecule has 0 radical (unpaired) electrons. The third-order valence-electron chi connectivity index (χ3n) is 7.38. The van der Waals surface area contributed by atoms with Crippen LogP contribution in [0.25, 0.3) is 5.69 Å². The van der Waals surface area contributed by atoms with Crippen LogP contribution in [0.15, 0.2) is 73.1 Å². The van der Waals surface area contributed by atoms with E-state index in [0.717, 1.165) is 0 Å². The molecule has 252 valence electrons. The number of aryl methyl sites for hydroxylation is 2. The molecule has 4 rings (SSSR count). The predicted molar refractivity (Wildman–Crippen MR) is 174 cm³/mol. The summed E-state index contributed by atoms with van der Waals surface area (Å²) in [7, 11) is 3.13. The first-order chi connectivity index (χ1) is 22.8. The minimum Gasteiger partial charge on any atom is -0.454 e. The summed E-state index contributed by atoms with van der Waals surface area (Å²) in [6, 6.07) is 14.9. The minimum absolute atomic E-state index is 0.0265. The first-order valence-electron chi connectivity index (χ1n) is 14.6. The van der Waals surface area contributed by atoms with Crippen molar-refractivity contribution in [2.75, 3.05) is 24.3 Å². The van der Waals surface area contributed by atoms with Crippen LogP contribution < -0.4 is 25.0 Å². The number of nitrogens with one attached hydrogen (secondary N) is 3. The van der Waals surface area contributed by atoms with E-state index in [0.29, 0.717) is 27.7 Å². The van der Waals surface area contributed by atoms with Gasteiger partial charge in [0.2, 0.25) is 12.2 Å². The van der Waals surface area contributed by atoms with E-state index in [1.165, 1.54) is 75.2 Å². The number of alkyl halides is 2. The number of benzene rings is 2. The first kappa shape index (κ1) is 35.2. The summed E-state index contributed by atoms with van der Waals surface area (Å²) in [6.45, 7) is 3.10. The van der Waals surface area contributed by atoms with Gasteiger partial charge in [0.1, 0.15) is 11.6 Å². The van der Waals surface area contributed by atoms with Gasteiger partial charge in [-0.05, 0) is 94.4 Å². The summed E-state index contributed by atoms with van der Waals surface area (Å²) >= 11 is 0. The van der Waals surface area contributed by atoms with Crippen molar-refractivity contribution in [2.45, 2.75) is 39.8 Å². The molecule has 0 unspecified atom stereocenters. The Kier molecular flexibility index (Phi) is 10.9. The van der Waals surface area contributed by atoms with Gasteiger partial charge in [0.15, 0.2) is 17.3 Å². The highest BCUT2D eigenvalue weighted by Crippen LogP contribution is 2.32. The molecule has 0 fully saturated rings. The van der Waals surface area contributed by atoms with Crippen LogP contribution in [-0.4, -0.2) is 59.1 Å². The summed E-state index contributed by atoms with van der Waals surface area (Å²) in [4.78, 5) is 42.7. The lowest BCUT2D eigenvalue weighted by molar-refractivity contribution is -0.126. The van der Waals surface area contributed by atoms with Crippen molar-refractivity contribution < 1.29 is 37.0 Å². The van der Waals surface area contributed by atoms with Gasteiger partial charge in [0.25, 0.3) is 5.91 Å². The molecule has 0 aliphatic rings. The number of halogens is 3. The number of rotatable bonds is 12. The monoisotopic (exact) mass is 664 g/mol. The Morgan fingerprint density at radius 2 is 1.77 bits per heavy atom. The number of ketones is 1. The van der Waals surface area contributed by atoms with Gasteiger partial charge < -0.3 is 25.1 Å². The lowest BCUT2D eigenvalue weighted by Crippen LogP contribution is -2.52. The zero-order valence-corrected chi connectivity index (χ0v) is 27.1. The van der Waals surface area contributed by atoms with Crippen molar-refractivity contribution in [1.29, 1.82) is 0 Å². The Hall–Kier alpha value is -5.63. The van der Waals surface area contributed by atoms with Crippen molar-refractivity contribution in [3.8, 4) is 22.9 Å². The molecule has 3 N–H and O–H groups in total. The molecule has 0 saturated carbocycles. The Morgan fingerprint density at radius 1 is 1.04 bits per heavy atom. The number of ether oxygens (including phenoxy) is 2. The number of hydrogen-bond acceptors (Lipinski definition) is 8. The maximum atomic E-state index is 14.1. The summed E-state index contributed by atoms with van der Waals surface area (Å²) in [5, 5.41) is 10.2. The summed E-state index contributed by atoms with van der Waals surface area (Å²) in [6.07, 6.45) is 2.81. The molecule has 0 saturated heterocycles. The lowest BCUT2D eigenvalue weighted by atomic mass is 10.0. The van der Waals surface area contributed by atoms with Crippen molar-refractivity contribution in [1.82, 2.24) is 20.1 Å². The van der Waals surface area contributed by atoms with Gasteiger partial charge in [-0.2, -0.15) is 13.9 Å². The fraction of sp³-hybridized carbons (Fsp3) is 0.235. The number of para-hydroxylation sites is 1. The lowest BCUT2D eigenvalue weighted by Gasteiger charge is -2.28. The molecular formula is C34H35F3N6O5. The van der Waals surface area contributed by atoms with Gasteiger partial charge in [-0.1, -0.05) is 12.1 Å². The molecule has 2 heterocycles. The van der Waals surface area contributed by atoms with Crippen LogP contribution in [0.1, 0.15) is 41.0 Å². The van der Waals surface area contributed by atoms with E-state index < -0.39 is 35.4 Å². The highest BCUT2D eigenvalue weighted by Gasteiger charge is 2.33. The quantitative estimate of drug-likeness (QED) is 0.120. The largest absolute Gasteiger partial charge is 0.454 e. The van der Waals surface area contributed by atoms with Gasteiger partial charge in [-0.15, -0.1) is 0 Å². The van der Waals surface area contributed by atoms with E-state index in [2.05, 4.69) is 20.7 Å². The number of hydrogen-bond donors (Lipinski definition) is 3. The van der Waals surface area contributed by atoms with E-state index in [9.17, 15) is 27.6 Å². The molecule has 0 atom stereocenters. The van der Waals surface area contributed by atoms with E-state index in [1.54, 1.807) is 37.4 Å². The predicted octanol–water partition coefficient (Wildman–Crippen LogP) is 6.23. The van der Waals surface area contributed by atoms with Gasteiger partial charge in [-0.3, -0.25) is 14.4 Å². The number of amides is 2. The zero-order chi connectivity index (χ0) is 35.2. The Labute approximate surface area is 275 Å². The molecule has 0 spiro atoms. The normalized spacial score (nSPS) is 11.1. The van der Waals surface area contributed by atoms with Gasteiger partial charge in [0.05, 0.1) is 34.4 Å². The third kappa shape index (κ3) is 7.66. The third-order valence-corrected chi connectivity index (χ3v) is 7.38. The second-order valence-corrected chi connectivity index (χ2v) is 11.1. The molecule has 2 amide bonds. The van der Waals surface area contributed by atoms with Gasteiger partial charge in [-0.25, -0.2) is 14.0 Å². The number of likely N-dealkylation sites (N-methyl/N-ethyl adjacent to an activating group) is 1. The Bertz CT molecular complexity index is 1890. The smallest absolute Gasteiger partial charge is 0.387 e. The number of carbonyl (C=O) groups excluding carboxylic acids is 3. The summed E-state index contributed by atoms with van der Waals surface area (Å²) in [5.74, 6) is -1.42. The molecule has 2 aromatic heterocycles. The van der Waals surface area contributed by atoms with Crippen LogP contribution in [0.4, 0.5) is 24.7 Å². The van der Waals surface area contributed by atoms with Crippen molar-refractivity contribution in [3.63, 3.8) is 0 Å². The SMILES string of the molecule is CNc1c(C(=O)c2cc(C)cc(OC(F)F)c(N(C=O)C(=O)C(C)(C)NC)cc[nH]2)cnn1-c1ccc(Oc2ccccc2F)cc1C. The second-order valence-electron chi connectivity index (χ2n) is 11.1. The second kappa shape index (κ2) is 14.9. The molecule has 11 nitrogen and oxygen atoms in total. The topological polar surface area (TPSA) is 131 Å². The van der Waals surface area contributed by atoms with Crippen LogP contribution in [-0.2, 0) is 9.59 Å². The Morgan fingerprint density at radius 3 is 2.40 bits per heavy atom. The van der Waals surface area contributed by atoms with Gasteiger partial charge >= 0.3 is 6.61 Å². The number of H-pyrrole nitrogens is 1. The molecule has 2 aromatic carbocycles. The van der Waals surface area contributed by atoms with E-state index in [-0.39, 0.29) is 34.7 Å². The molecule has 0 aliphatic carbocycles. The molecule has 0 aliphatic heterocycles. The average molecular weight is 665 g/mol. The number of nitrogens with zero attached hydrogens (tertiary/aromatic N) is 3. The van der Waals surface area contributed by atoms with Gasteiger partial charge in [0, 0.05) is 13.2 Å². The average Bonchev–Trinajstić information content (AvgIpc) is 3.49. The minimum atomic E-state index is -3.28. The maximum Gasteiger partial charge on any atom is 0.387 e.